The fourth-order valence-corrected chi connectivity index (χ4v) is 3.33. The normalized spacial score (nSPS) is 16.7. The zero-order valence-electron chi connectivity index (χ0n) is 12.8. The molecule has 0 aliphatic carbocycles. The van der Waals surface area contributed by atoms with Crippen LogP contribution in [0.5, 0.6) is 5.75 Å². The van der Waals surface area contributed by atoms with Crippen molar-refractivity contribution in [1.29, 1.82) is 0 Å². The predicted octanol–water partition coefficient (Wildman–Crippen LogP) is 5.30. The fraction of sp³-hybridized carbons (Fsp3) is 0.200. The Balaban J connectivity index is 1.53. The van der Waals surface area contributed by atoms with E-state index in [4.69, 9.17) is 16.3 Å². The SMILES string of the molecule is Clc1cccc(NCC2CCc3ccc4ccccc4c3O2)c1. The van der Waals surface area contributed by atoms with Crippen LogP contribution >= 0.6 is 11.6 Å². The van der Waals surface area contributed by atoms with Crippen LogP contribution in [0.15, 0.2) is 60.7 Å². The second kappa shape index (κ2) is 6.13. The van der Waals surface area contributed by atoms with Crippen molar-refractivity contribution in [3.05, 3.63) is 71.2 Å². The first-order chi connectivity index (χ1) is 11.3. The number of hydrogen-bond donors (Lipinski definition) is 1. The summed E-state index contributed by atoms with van der Waals surface area (Å²) in [6, 6.07) is 20.6. The van der Waals surface area contributed by atoms with Crippen LogP contribution in [0.25, 0.3) is 10.8 Å². The molecule has 1 heterocycles. The maximum atomic E-state index is 6.30. The van der Waals surface area contributed by atoms with Gasteiger partial charge < -0.3 is 10.1 Å². The summed E-state index contributed by atoms with van der Waals surface area (Å²) in [6.45, 7) is 0.781. The lowest BCUT2D eigenvalue weighted by Crippen LogP contribution is -2.30. The molecule has 2 nitrogen and oxygen atoms in total. The quantitative estimate of drug-likeness (QED) is 0.706. The Morgan fingerprint density at radius 3 is 2.87 bits per heavy atom. The van der Waals surface area contributed by atoms with Gasteiger partial charge in [0.1, 0.15) is 11.9 Å². The number of benzene rings is 3. The van der Waals surface area contributed by atoms with Crippen molar-refractivity contribution in [2.75, 3.05) is 11.9 Å². The van der Waals surface area contributed by atoms with Gasteiger partial charge in [0, 0.05) is 16.1 Å². The average molecular weight is 324 g/mol. The van der Waals surface area contributed by atoms with Crippen LogP contribution in [0.3, 0.4) is 0 Å². The summed E-state index contributed by atoms with van der Waals surface area (Å²) in [7, 11) is 0. The van der Waals surface area contributed by atoms with Gasteiger partial charge in [-0.1, -0.05) is 54.1 Å². The number of rotatable bonds is 3. The van der Waals surface area contributed by atoms with Gasteiger partial charge in [0.25, 0.3) is 0 Å². The highest BCUT2D eigenvalue weighted by Crippen LogP contribution is 2.35. The third kappa shape index (κ3) is 2.99. The third-order valence-corrected chi connectivity index (χ3v) is 4.57. The van der Waals surface area contributed by atoms with E-state index < -0.39 is 0 Å². The molecule has 0 amide bonds. The smallest absolute Gasteiger partial charge is 0.130 e. The monoisotopic (exact) mass is 323 g/mol. The molecule has 0 saturated heterocycles. The highest BCUT2D eigenvalue weighted by molar-refractivity contribution is 6.30. The lowest BCUT2D eigenvalue weighted by atomic mass is 9.97. The molecule has 3 aromatic rings. The Hall–Kier alpha value is -2.19. The molecule has 1 unspecified atom stereocenters. The number of nitrogens with one attached hydrogen (secondary N) is 1. The van der Waals surface area contributed by atoms with E-state index in [1.165, 1.54) is 16.3 Å². The molecule has 0 spiro atoms. The van der Waals surface area contributed by atoms with Crippen LogP contribution in [0.4, 0.5) is 5.69 Å². The molecular formula is C20H18ClNO. The third-order valence-electron chi connectivity index (χ3n) is 4.34. The van der Waals surface area contributed by atoms with E-state index in [0.29, 0.717) is 0 Å². The fourth-order valence-electron chi connectivity index (χ4n) is 3.14. The molecule has 0 fully saturated rings. The zero-order valence-corrected chi connectivity index (χ0v) is 13.5. The standard InChI is InChI=1S/C20H18ClNO/c21-16-5-3-6-17(12-16)22-13-18-11-10-15-9-8-14-4-1-2-7-19(14)20(15)23-18/h1-9,12,18,22H,10-11,13H2. The molecule has 1 atom stereocenters. The molecule has 4 rings (SSSR count). The first-order valence-electron chi connectivity index (χ1n) is 7.96. The largest absolute Gasteiger partial charge is 0.488 e. The Kier molecular flexibility index (Phi) is 3.84. The number of hydrogen-bond acceptors (Lipinski definition) is 2. The molecule has 0 bridgehead atoms. The number of aryl methyl sites for hydroxylation is 1. The Labute approximate surface area is 141 Å². The van der Waals surface area contributed by atoms with Gasteiger partial charge in [-0.25, -0.2) is 0 Å². The molecule has 0 radical (unpaired) electrons. The zero-order chi connectivity index (χ0) is 15.6. The lowest BCUT2D eigenvalue weighted by molar-refractivity contribution is 0.188. The van der Waals surface area contributed by atoms with E-state index in [1.807, 2.05) is 24.3 Å². The van der Waals surface area contributed by atoms with Crippen molar-refractivity contribution < 1.29 is 4.74 Å². The number of halogens is 1. The highest BCUT2D eigenvalue weighted by Gasteiger charge is 2.21. The minimum atomic E-state index is 0.173. The van der Waals surface area contributed by atoms with Crippen LogP contribution < -0.4 is 10.1 Å². The van der Waals surface area contributed by atoms with Crippen molar-refractivity contribution in [3.63, 3.8) is 0 Å². The van der Waals surface area contributed by atoms with Crippen molar-refractivity contribution in [2.45, 2.75) is 18.9 Å². The van der Waals surface area contributed by atoms with E-state index in [1.54, 1.807) is 0 Å². The lowest BCUT2D eigenvalue weighted by Gasteiger charge is -2.27. The predicted molar refractivity (Wildman–Crippen MR) is 96.6 cm³/mol. The molecule has 1 aliphatic heterocycles. The minimum absolute atomic E-state index is 0.173. The van der Waals surface area contributed by atoms with Crippen molar-refractivity contribution >= 4 is 28.1 Å². The summed E-state index contributed by atoms with van der Waals surface area (Å²) in [6.07, 6.45) is 2.26. The second-order valence-corrected chi connectivity index (χ2v) is 6.38. The summed E-state index contributed by atoms with van der Waals surface area (Å²) >= 11 is 6.03. The first kappa shape index (κ1) is 14.4. The van der Waals surface area contributed by atoms with Crippen molar-refractivity contribution in [1.82, 2.24) is 0 Å². The average Bonchev–Trinajstić information content (AvgIpc) is 2.60. The Morgan fingerprint density at radius 1 is 1.04 bits per heavy atom. The van der Waals surface area contributed by atoms with Gasteiger partial charge in [0.15, 0.2) is 0 Å². The van der Waals surface area contributed by atoms with Gasteiger partial charge in [0.05, 0.1) is 6.54 Å². The Bertz CT molecular complexity index is 846. The van der Waals surface area contributed by atoms with Crippen LogP contribution in [-0.2, 0) is 6.42 Å². The van der Waals surface area contributed by atoms with E-state index in [-0.39, 0.29) is 6.10 Å². The molecule has 3 aromatic carbocycles. The summed E-state index contributed by atoms with van der Waals surface area (Å²) in [5.74, 6) is 1.05. The van der Waals surface area contributed by atoms with E-state index in [9.17, 15) is 0 Å². The summed E-state index contributed by atoms with van der Waals surface area (Å²) in [5, 5.41) is 6.61. The van der Waals surface area contributed by atoms with E-state index in [2.05, 4.69) is 41.7 Å². The minimum Gasteiger partial charge on any atom is -0.488 e. The summed E-state index contributed by atoms with van der Waals surface area (Å²) in [4.78, 5) is 0. The van der Waals surface area contributed by atoms with Crippen LogP contribution in [0, 0.1) is 0 Å². The molecule has 23 heavy (non-hydrogen) atoms. The molecular weight excluding hydrogens is 306 g/mol. The topological polar surface area (TPSA) is 21.3 Å². The van der Waals surface area contributed by atoms with Crippen molar-refractivity contribution in [3.8, 4) is 5.75 Å². The van der Waals surface area contributed by atoms with Gasteiger partial charge in [-0.3, -0.25) is 0 Å². The van der Waals surface area contributed by atoms with E-state index in [0.717, 1.165) is 35.8 Å². The van der Waals surface area contributed by atoms with Gasteiger partial charge in [-0.05, 0) is 42.0 Å². The summed E-state index contributed by atoms with van der Waals surface area (Å²) < 4.78 is 6.30. The Morgan fingerprint density at radius 2 is 1.96 bits per heavy atom. The van der Waals surface area contributed by atoms with Gasteiger partial charge >= 0.3 is 0 Å². The van der Waals surface area contributed by atoms with Gasteiger partial charge in [0.2, 0.25) is 0 Å². The maximum Gasteiger partial charge on any atom is 0.130 e. The summed E-state index contributed by atoms with van der Waals surface area (Å²) in [5.41, 5.74) is 2.34. The highest BCUT2D eigenvalue weighted by atomic mass is 35.5. The first-order valence-corrected chi connectivity index (χ1v) is 8.34. The van der Waals surface area contributed by atoms with Crippen LogP contribution in [0.1, 0.15) is 12.0 Å². The maximum absolute atomic E-state index is 6.30. The number of fused-ring (bicyclic) bond motifs is 3. The second-order valence-electron chi connectivity index (χ2n) is 5.94. The van der Waals surface area contributed by atoms with Crippen molar-refractivity contribution in [2.24, 2.45) is 0 Å². The van der Waals surface area contributed by atoms with Crippen LogP contribution in [0.2, 0.25) is 5.02 Å². The van der Waals surface area contributed by atoms with Crippen LogP contribution in [-0.4, -0.2) is 12.6 Å². The van der Waals surface area contributed by atoms with Gasteiger partial charge in [-0.2, -0.15) is 0 Å². The molecule has 0 saturated carbocycles. The van der Waals surface area contributed by atoms with Gasteiger partial charge in [-0.15, -0.1) is 0 Å². The number of anilines is 1. The molecule has 1 aliphatic rings. The number of ether oxygens (including phenoxy) is 1. The van der Waals surface area contributed by atoms with E-state index >= 15 is 0 Å². The molecule has 1 N–H and O–H groups in total. The molecule has 0 aromatic heterocycles. The molecule has 3 heteroatoms. The molecule has 116 valence electrons.